The minimum absolute atomic E-state index is 0.0817. The minimum Gasteiger partial charge on any atom is -0.275 e. The molecule has 2 saturated carbocycles. The largest absolute Gasteiger partial charge is 0.275 e. The van der Waals surface area contributed by atoms with E-state index in [-0.39, 0.29) is 16.2 Å². The zero-order valence-corrected chi connectivity index (χ0v) is 18.7. The Bertz CT molecular complexity index is 910. The molecule has 0 N–H and O–H groups in total. The number of hydrogen-bond acceptors (Lipinski definition) is 2. The van der Waals surface area contributed by atoms with Crippen molar-refractivity contribution in [3.63, 3.8) is 0 Å². The maximum Gasteiger partial charge on any atom is 0.155 e. The number of aryl methyl sites for hydroxylation is 2. The molecule has 2 aromatic heterocycles. The van der Waals surface area contributed by atoms with Gasteiger partial charge < -0.3 is 0 Å². The molecule has 2 atom stereocenters. The second-order valence-corrected chi connectivity index (χ2v) is 11.3. The van der Waals surface area contributed by atoms with Gasteiger partial charge >= 0.3 is 0 Å². The summed E-state index contributed by atoms with van der Waals surface area (Å²) in [6.07, 6.45) is 7.61. The predicted octanol–water partition coefficient (Wildman–Crippen LogP) is 5.06. The average molecular weight is 387 g/mol. The second-order valence-electron chi connectivity index (χ2n) is 11.3. The Morgan fingerprint density at radius 1 is 1.00 bits per heavy atom. The van der Waals surface area contributed by atoms with Crippen LogP contribution in [0, 0.1) is 5.92 Å². The summed E-state index contributed by atoms with van der Waals surface area (Å²) in [6.45, 7) is 13.6. The highest BCUT2D eigenvalue weighted by atomic mass is 19.1. The molecule has 2 aromatic rings. The highest BCUT2D eigenvalue weighted by Gasteiger charge is 2.57. The molecule has 154 valence electrons. The average Bonchev–Trinajstić information content (AvgIpc) is 3.29. The first-order valence-corrected chi connectivity index (χ1v) is 10.5. The molecule has 2 unspecified atom stereocenters. The predicted molar refractivity (Wildman–Crippen MR) is 110 cm³/mol. The zero-order valence-electron chi connectivity index (χ0n) is 18.7. The number of aromatic nitrogens is 4. The molecule has 2 aliphatic carbocycles. The van der Waals surface area contributed by atoms with Gasteiger partial charge in [0.1, 0.15) is 5.69 Å². The maximum absolute atomic E-state index is 14.9. The highest BCUT2D eigenvalue weighted by Crippen LogP contribution is 2.60. The van der Waals surface area contributed by atoms with Crippen LogP contribution in [0.25, 0.3) is 0 Å². The van der Waals surface area contributed by atoms with Gasteiger partial charge in [0, 0.05) is 37.5 Å². The maximum atomic E-state index is 14.9. The van der Waals surface area contributed by atoms with Crippen LogP contribution in [0.4, 0.5) is 4.39 Å². The highest BCUT2D eigenvalue weighted by molar-refractivity contribution is 5.39. The molecule has 2 fully saturated rings. The zero-order chi connectivity index (χ0) is 20.7. The van der Waals surface area contributed by atoms with Crippen molar-refractivity contribution in [2.24, 2.45) is 20.0 Å². The number of alkyl halides is 1. The summed E-state index contributed by atoms with van der Waals surface area (Å²) in [5.74, 6) is 0.557. The van der Waals surface area contributed by atoms with Gasteiger partial charge in [-0.1, -0.05) is 41.5 Å². The van der Waals surface area contributed by atoms with Gasteiger partial charge in [-0.3, -0.25) is 9.36 Å². The summed E-state index contributed by atoms with van der Waals surface area (Å²) in [6, 6.07) is 0. The van der Waals surface area contributed by atoms with Crippen LogP contribution in [0.5, 0.6) is 0 Å². The van der Waals surface area contributed by atoms with Crippen LogP contribution < -0.4 is 0 Å². The second kappa shape index (κ2) is 5.70. The van der Waals surface area contributed by atoms with Crippen LogP contribution in [0.2, 0.25) is 0 Å². The fourth-order valence-corrected chi connectivity index (χ4v) is 4.89. The third kappa shape index (κ3) is 3.11. The Balaban J connectivity index is 1.60. The SMILES string of the molecule is Cn1cc(C(C)(C)CC2CC2(C)c2nn(C)cc2C(C)(C)C)c(C2(F)CC2)n1. The van der Waals surface area contributed by atoms with Gasteiger partial charge in [-0.05, 0) is 48.0 Å². The van der Waals surface area contributed by atoms with Crippen molar-refractivity contribution in [3.05, 3.63) is 34.9 Å². The third-order valence-corrected chi connectivity index (χ3v) is 7.02. The Morgan fingerprint density at radius 2 is 1.54 bits per heavy atom. The van der Waals surface area contributed by atoms with Gasteiger partial charge in [-0.15, -0.1) is 0 Å². The lowest BCUT2D eigenvalue weighted by molar-refractivity contribution is 0.298. The van der Waals surface area contributed by atoms with Gasteiger partial charge in [0.05, 0.1) is 5.69 Å². The minimum atomic E-state index is -1.19. The van der Waals surface area contributed by atoms with Crippen molar-refractivity contribution >= 4 is 0 Å². The van der Waals surface area contributed by atoms with E-state index in [1.54, 1.807) is 4.68 Å². The van der Waals surface area contributed by atoms with E-state index in [2.05, 4.69) is 52.8 Å². The number of hydrogen-bond donors (Lipinski definition) is 0. The van der Waals surface area contributed by atoms with Crippen LogP contribution in [-0.4, -0.2) is 19.6 Å². The van der Waals surface area contributed by atoms with Crippen molar-refractivity contribution < 1.29 is 4.39 Å². The first kappa shape index (κ1) is 19.7. The molecule has 28 heavy (non-hydrogen) atoms. The Hall–Kier alpha value is -1.65. The summed E-state index contributed by atoms with van der Waals surface area (Å²) >= 11 is 0. The smallest absolute Gasteiger partial charge is 0.155 e. The summed E-state index contributed by atoms with van der Waals surface area (Å²) in [7, 11) is 3.92. The molecule has 0 aromatic carbocycles. The van der Waals surface area contributed by atoms with Crippen LogP contribution in [-0.2, 0) is 36.0 Å². The van der Waals surface area contributed by atoms with Crippen molar-refractivity contribution in [3.8, 4) is 0 Å². The first-order chi connectivity index (χ1) is 12.8. The molecule has 0 bridgehead atoms. The molecule has 0 radical (unpaired) electrons. The summed E-state index contributed by atoms with van der Waals surface area (Å²) in [5.41, 5.74) is 3.25. The van der Waals surface area contributed by atoms with Crippen molar-refractivity contribution in [2.75, 3.05) is 0 Å². The van der Waals surface area contributed by atoms with Crippen LogP contribution in [0.15, 0.2) is 12.4 Å². The lowest BCUT2D eigenvalue weighted by atomic mass is 9.76. The molecular weight excluding hydrogens is 351 g/mol. The number of rotatable bonds is 5. The van der Waals surface area contributed by atoms with E-state index >= 15 is 0 Å². The van der Waals surface area contributed by atoms with E-state index in [9.17, 15) is 4.39 Å². The molecule has 5 heteroatoms. The summed E-state index contributed by atoms with van der Waals surface area (Å²) in [5, 5.41) is 9.38. The van der Waals surface area contributed by atoms with Crippen molar-refractivity contribution in [1.29, 1.82) is 0 Å². The van der Waals surface area contributed by atoms with Crippen LogP contribution in [0.3, 0.4) is 0 Å². The quantitative estimate of drug-likeness (QED) is 0.720. The van der Waals surface area contributed by atoms with Gasteiger partial charge in [0.15, 0.2) is 5.67 Å². The van der Waals surface area contributed by atoms with E-state index < -0.39 is 5.67 Å². The fraction of sp³-hybridized carbons (Fsp3) is 0.739. The molecule has 2 aliphatic rings. The van der Waals surface area contributed by atoms with E-state index in [0.717, 1.165) is 18.4 Å². The van der Waals surface area contributed by atoms with Crippen molar-refractivity contribution in [1.82, 2.24) is 19.6 Å². The van der Waals surface area contributed by atoms with Crippen LogP contribution >= 0.6 is 0 Å². The van der Waals surface area contributed by atoms with Gasteiger partial charge in [-0.25, -0.2) is 4.39 Å². The Labute approximate surface area is 168 Å². The van der Waals surface area contributed by atoms with E-state index in [0.29, 0.717) is 24.5 Å². The first-order valence-electron chi connectivity index (χ1n) is 10.5. The number of nitrogens with zero attached hydrogens (tertiary/aromatic N) is 4. The monoisotopic (exact) mass is 386 g/mol. The molecule has 0 amide bonds. The molecule has 0 aliphatic heterocycles. The Kier molecular flexibility index (Phi) is 4.00. The third-order valence-electron chi connectivity index (χ3n) is 7.02. The molecule has 0 spiro atoms. The normalized spacial score (nSPS) is 26.5. The standard InChI is InChI=1S/C23H35FN4/c1-20(2,3)16-13-27(7)25-18(16)22(6)12-15(22)11-21(4,5)17-14-28(8)26-19(17)23(24)9-10-23/h13-15H,9-12H2,1-8H3. The summed E-state index contributed by atoms with van der Waals surface area (Å²) in [4.78, 5) is 0. The molecule has 4 rings (SSSR count). The van der Waals surface area contributed by atoms with Crippen LogP contribution in [0.1, 0.15) is 89.7 Å². The molecule has 4 nitrogen and oxygen atoms in total. The van der Waals surface area contributed by atoms with E-state index in [1.807, 2.05) is 25.0 Å². The van der Waals surface area contributed by atoms with Gasteiger partial charge in [0.25, 0.3) is 0 Å². The topological polar surface area (TPSA) is 35.6 Å². The van der Waals surface area contributed by atoms with E-state index in [1.165, 1.54) is 11.3 Å². The fourth-order valence-electron chi connectivity index (χ4n) is 4.89. The van der Waals surface area contributed by atoms with Gasteiger partial charge in [-0.2, -0.15) is 10.2 Å². The summed E-state index contributed by atoms with van der Waals surface area (Å²) < 4.78 is 18.7. The lowest BCUT2D eigenvalue weighted by Crippen LogP contribution is -2.24. The van der Waals surface area contributed by atoms with Gasteiger partial charge in [0.2, 0.25) is 0 Å². The van der Waals surface area contributed by atoms with Crippen molar-refractivity contribution in [2.45, 2.75) is 89.1 Å². The molecule has 0 saturated heterocycles. The Morgan fingerprint density at radius 3 is 2.07 bits per heavy atom. The lowest BCUT2D eigenvalue weighted by Gasteiger charge is -2.27. The van der Waals surface area contributed by atoms with E-state index in [4.69, 9.17) is 5.10 Å². The number of halogens is 1. The molecule has 2 heterocycles. The molecular formula is C23H35FN4.